The molecule has 6 heteroatoms. The van der Waals surface area contributed by atoms with Crippen molar-refractivity contribution in [3.05, 3.63) is 30.5 Å². The Balaban J connectivity index is 1.96. The number of aryl methyl sites for hydroxylation is 1. The average Bonchev–Trinajstić information content (AvgIpc) is 2.94. The number of benzene rings is 1. The van der Waals surface area contributed by atoms with E-state index in [-0.39, 0.29) is 6.54 Å². The fourth-order valence-corrected chi connectivity index (χ4v) is 3.09. The van der Waals surface area contributed by atoms with Gasteiger partial charge in [-0.05, 0) is 36.4 Å². The van der Waals surface area contributed by atoms with Gasteiger partial charge in [-0.25, -0.2) is 0 Å². The van der Waals surface area contributed by atoms with Crippen LogP contribution in [-0.4, -0.2) is 33.6 Å². The molecule has 1 aromatic heterocycles. The largest absolute Gasteiger partial charge is 0.388 e. The number of carbonyl (C=O) groups is 2. The van der Waals surface area contributed by atoms with Crippen LogP contribution in [-0.2, 0) is 16.6 Å². The quantitative estimate of drug-likeness (QED) is 0.675. The Morgan fingerprint density at radius 1 is 1.12 bits per heavy atom. The van der Waals surface area contributed by atoms with Crippen LogP contribution in [0.5, 0.6) is 0 Å². The van der Waals surface area contributed by atoms with Crippen molar-refractivity contribution in [2.24, 2.45) is 7.05 Å². The zero-order valence-electron chi connectivity index (χ0n) is 15.1. The summed E-state index contributed by atoms with van der Waals surface area (Å²) in [6.07, 6.45) is 4.75. The maximum absolute atomic E-state index is 12.1. The van der Waals surface area contributed by atoms with Crippen LogP contribution in [0.4, 0.5) is 5.69 Å². The van der Waals surface area contributed by atoms with Gasteiger partial charge in [0.1, 0.15) is 0 Å². The van der Waals surface area contributed by atoms with Gasteiger partial charge in [0.25, 0.3) is 0 Å². The fourth-order valence-electron chi connectivity index (χ4n) is 3.09. The van der Waals surface area contributed by atoms with Crippen LogP contribution in [0, 0.1) is 0 Å². The minimum Gasteiger partial charge on any atom is -0.388 e. The lowest BCUT2D eigenvalue weighted by Crippen LogP contribution is -2.46. The van der Waals surface area contributed by atoms with Gasteiger partial charge in [0.2, 0.25) is 0 Å². The molecule has 25 heavy (non-hydrogen) atoms. The van der Waals surface area contributed by atoms with Gasteiger partial charge >= 0.3 is 11.8 Å². The summed E-state index contributed by atoms with van der Waals surface area (Å²) in [6.45, 7) is 4.04. The number of aliphatic hydroxyl groups is 1. The van der Waals surface area contributed by atoms with E-state index in [2.05, 4.69) is 10.6 Å². The number of fused-ring (bicyclic) bond motifs is 1. The minimum absolute atomic E-state index is 0.0811. The molecule has 0 fully saturated rings. The Morgan fingerprint density at radius 2 is 1.80 bits per heavy atom. The van der Waals surface area contributed by atoms with Gasteiger partial charge in [-0.1, -0.05) is 32.8 Å². The Hall–Kier alpha value is -2.34. The molecule has 0 saturated heterocycles. The Bertz CT molecular complexity index is 745. The van der Waals surface area contributed by atoms with Gasteiger partial charge in [0.05, 0.1) is 5.60 Å². The van der Waals surface area contributed by atoms with E-state index < -0.39 is 17.4 Å². The van der Waals surface area contributed by atoms with Crippen molar-refractivity contribution in [1.82, 2.24) is 9.88 Å². The number of aromatic nitrogens is 1. The number of amides is 2. The third-order valence-corrected chi connectivity index (χ3v) is 4.36. The highest BCUT2D eigenvalue weighted by Crippen LogP contribution is 2.20. The van der Waals surface area contributed by atoms with E-state index in [1.165, 1.54) is 0 Å². The monoisotopic (exact) mass is 345 g/mol. The molecule has 3 N–H and O–H groups in total. The first-order valence-electron chi connectivity index (χ1n) is 8.75. The van der Waals surface area contributed by atoms with Crippen LogP contribution in [0.3, 0.4) is 0 Å². The molecule has 0 spiro atoms. The Morgan fingerprint density at radius 3 is 2.44 bits per heavy atom. The number of hydrogen-bond acceptors (Lipinski definition) is 3. The smallest absolute Gasteiger partial charge is 0.313 e. The van der Waals surface area contributed by atoms with E-state index >= 15 is 0 Å². The second-order valence-corrected chi connectivity index (χ2v) is 6.56. The van der Waals surface area contributed by atoms with Crippen LogP contribution in [0.25, 0.3) is 10.9 Å². The number of carbonyl (C=O) groups excluding carboxylic acids is 2. The Kier molecular flexibility index (Phi) is 6.20. The molecule has 0 bridgehead atoms. The third-order valence-electron chi connectivity index (χ3n) is 4.36. The fraction of sp³-hybridized carbons (Fsp3) is 0.474. The number of rotatable bonds is 7. The molecule has 2 amide bonds. The highest BCUT2D eigenvalue weighted by Gasteiger charge is 2.26. The van der Waals surface area contributed by atoms with Gasteiger partial charge < -0.3 is 20.3 Å². The SMILES string of the molecule is CCCC(O)(CCC)CNC(=O)C(=O)Nc1ccc2ccn(C)c2c1. The summed E-state index contributed by atoms with van der Waals surface area (Å²) in [6, 6.07) is 7.46. The molecule has 0 aliphatic carbocycles. The van der Waals surface area contributed by atoms with Crippen molar-refractivity contribution in [3.63, 3.8) is 0 Å². The first kappa shape index (κ1) is 19.0. The summed E-state index contributed by atoms with van der Waals surface area (Å²) in [4.78, 5) is 24.1. The van der Waals surface area contributed by atoms with Crippen LogP contribution in [0.2, 0.25) is 0 Å². The van der Waals surface area contributed by atoms with Crippen molar-refractivity contribution in [2.75, 3.05) is 11.9 Å². The maximum atomic E-state index is 12.1. The molecule has 136 valence electrons. The molecular weight excluding hydrogens is 318 g/mol. The first-order valence-corrected chi connectivity index (χ1v) is 8.75. The normalized spacial score (nSPS) is 11.5. The Labute approximate surface area is 148 Å². The number of nitrogens with one attached hydrogen (secondary N) is 2. The molecule has 0 atom stereocenters. The molecule has 1 heterocycles. The average molecular weight is 345 g/mol. The summed E-state index contributed by atoms with van der Waals surface area (Å²) in [5.41, 5.74) is 0.576. The highest BCUT2D eigenvalue weighted by atomic mass is 16.3. The molecular formula is C19H27N3O3. The van der Waals surface area contributed by atoms with Crippen molar-refractivity contribution in [2.45, 2.75) is 45.1 Å². The summed E-state index contributed by atoms with van der Waals surface area (Å²) >= 11 is 0. The van der Waals surface area contributed by atoms with Gasteiger partial charge in [-0.2, -0.15) is 0 Å². The molecule has 0 aliphatic heterocycles. The minimum atomic E-state index is -0.957. The van der Waals surface area contributed by atoms with E-state index in [9.17, 15) is 14.7 Å². The molecule has 2 rings (SSSR count). The molecule has 0 saturated carbocycles. The molecule has 2 aromatic rings. The number of hydrogen-bond donors (Lipinski definition) is 3. The van der Waals surface area contributed by atoms with E-state index in [1.807, 2.05) is 49.9 Å². The molecule has 1 aromatic carbocycles. The lowest BCUT2D eigenvalue weighted by Gasteiger charge is -2.27. The summed E-state index contributed by atoms with van der Waals surface area (Å²) in [5, 5.41) is 16.7. The van der Waals surface area contributed by atoms with Crippen LogP contribution in [0.1, 0.15) is 39.5 Å². The topological polar surface area (TPSA) is 83.4 Å². The molecule has 6 nitrogen and oxygen atoms in total. The lowest BCUT2D eigenvalue weighted by molar-refractivity contribution is -0.137. The van der Waals surface area contributed by atoms with Gasteiger partial charge in [0.15, 0.2) is 0 Å². The van der Waals surface area contributed by atoms with Gasteiger partial charge in [-0.3, -0.25) is 9.59 Å². The maximum Gasteiger partial charge on any atom is 0.313 e. The highest BCUT2D eigenvalue weighted by molar-refractivity contribution is 6.39. The second kappa shape index (κ2) is 8.16. The van der Waals surface area contributed by atoms with Crippen molar-refractivity contribution >= 4 is 28.4 Å². The predicted molar refractivity (Wildman–Crippen MR) is 99.3 cm³/mol. The van der Waals surface area contributed by atoms with Crippen LogP contribution in [0.15, 0.2) is 30.5 Å². The zero-order valence-corrected chi connectivity index (χ0v) is 15.1. The number of anilines is 1. The van der Waals surface area contributed by atoms with Gasteiger partial charge in [0, 0.05) is 31.0 Å². The van der Waals surface area contributed by atoms with E-state index in [0.717, 1.165) is 23.7 Å². The van der Waals surface area contributed by atoms with Crippen LogP contribution >= 0.6 is 0 Å². The third kappa shape index (κ3) is 4.82. The molecule has 0 radical (unpaired) electrons. The van der Waals surface area contributed by atoms with E-state index in [4.69, 9.17) is 0 Å². The van der Waals surface area contributed by atoms with Crippen molar-refractivity contribution in [1.29, 1.82) is 0 Å². The summed E-state index contributed by atoms with van der Waals surface area (Å²) in [7, 11) is 1.92. The second-order valence-electron chi connectivity index (χ2n) is 6.56. The predicted octanol–water partition coefficient (Wildman–Crippen LogP) is 2.56. The van der Waals surface area contributed by atoms with Crippen molar-refractivity contribution in [3.8, 4) is 0 Å². The van der Waals surface area contributed by atoms with E-state index in [0.29, 0.717) is 18.5 Å². The van der Waals surface area contributed by atoms with Crippen LogP contribution < -0.4 is 10.6 Å². The van der Waals surface area contributed by atoms with Gasteiger partial charge in [-0.15, -0.1) is 0 Å². The van der Waals surface area contributed by atoms with E-state index in [1.54, 1.807) is 6.07 Å². The lowest BCUT2D eigenvalue weighted by atomic mass is 9.92. The standard InChI is InChI=1S/C19H27N3O3/c1-4-9-19(25,10-5-2)13-20-17(23)18(24)21-15-7-6-14-8-11-22(3)16(14)12-15/h6-8,11-12,25H,4-5,9-10,13H2,1-3H3,(H,20,23)(H,21,24). The summed E-state index contributed by atoms with van der Waals surface area (Å²) < 4.78 is 1.95. The molecule has 0 aliphatic rings. The van der Waals surface area contributed by atoms with Crippen molar-refractivity contribution < 1.29 is 14.7 Å². The summed E-state index contributed by atoms with van der Waals surface area (Å²) in [5.74, 6) is -1.47. The first-order chi connectivity index (χ1) is 11.9. The molecule has 0 unspecified atom stereocenters. The number of nitrogens with zero attached hydrogens (tertiary/aromatic N) is 1. The zero-order chi connectivity index (χ0) is 18.4.